The fourth-order valence-corrected chi connectivity index (χ4v) is 3.43. The van der Waals surface area contributed by atoms with E-state index in [4.69, 9.17) is 4.74 Å². The van der Waals surface area contributed by atoms with Crippen molar-refractivity contribution >= 4 is 22.5 Å². The highest BCUT2D eigenvalue weighted by Gasteiger charge is 2.12. The number of aromatic amines is 1. The van der Waals surface area contributed by atoms with Gasteiger partial charge in [0.25, 0.3) is 5.56 Å². The number of benzene rings is 2. The maximum atomic E-state index is 11.6. The van der Waals surface area contributed by atoms with Crippen LogP contribution in [0.3, 0.4) is 0 Å². The minimum atomic E-state index is -0.154. The van der Waals surface area contributed by atoms with Gasteiger partial charge in [-0.25, -0.2) is 5.10 Å². The topological polar surface area (TPSA) is 55.0 Å². The number of H-pyrrole nitrogens is 1. The van der Waals surface area contributed by atoms with E-state index in [0.29, 0.717) is 5.39 Å². The Hall–Kier alpha value is -2.27. The molecule has 1 aliphatic heterocycles. The van der Waals surface area contributed by atoms with Crippen molar-refractivity contribution in [1.82, 2.24) is 10.2 Å². The summed E-state index contributed by atoms with van der Waals surface area (Å²) in [5, 5.41) is 7.81. The zero-order valence-electron chi connectivity index (χ0n) is 11.1. The van der Waals surface area contributed by atoms with E-state index in [1.807, 2.05) is 24.3 Å². The van der Waals surface area contributed by atoms with Crippen molar-refractivity contribution in [2.45, 2.75) is 16.2 Å². The van der Waals surface area contributed by atoms with Crippen LogP contribution in [0.2, 0.25) is 0 Å². The zero-order chi connectivity index (χ0) is 14.2. The lowest BCUT2D eigenvalue weighted by atomic mass is 10.2. The molecule has 4 rings (SSSR count). The molecule has 104 valence electrons. The van der Waals surface area contributed by atoms with Crippen LogP contribution >= 0.6 is 11.8 Å². The smallest absolute Gasteiger partial charge is 0.272 e. The van der Waals surface area contributed by atoms with E-state index >= 15 is 0 Å². The van der Waals surface area contributed by atoms with Crippen molar-refractivity contribution < 1.29 is 4.74 Å². The third kappa shape index (κ3) is 2.29. The molecule has 3 aromatic rings. The second-order valence-corrected chi connectivity index (χ2v) is 6.07. The zero-order valence-corrected chi connectivity index (χ0v) is 11.9. The van der Waals surface area contributed by atoms with Crippen LogP contribution in [0.15, 0.2) is 57.2 Å². The second-order valence-electron chi connectivity index (χ2n) is 4.92. The van der Waals surface area contributed by atoms with E-state index in [1.165, 1.54) is 10.5 Å². The summed E-state index contributed by atoms with van der Waals surface area (Å²) in [5.74, 6) is 0.994. The molecule has 4 nitrogen and oxygen atoms in total. The third-order valence-corrected chi connectivity index (χ3v) is 4.51. The maximum absolute atomic E-state index is 11.6. The van der Waals surface area contributed by atoms with Crippen LogP contribution in [0.1, 0.15) is 5.56 Å². The molecule has 2 heterocycles. The highest BCUT2D eigenvalue weighted by atomic mass is 32.2. The lowest BCUT2D eigenvalue weighted by molar-refractivity contribution is 0.357. The van der Waals surface area contributed by atoms with Crippen molar-refractivity contribution in [2.75, 3.05) is 6.61 Å². The van der Waals surface area contributed by atoms with E-state index in [-0.39, 0.29) is 5.56 Å². The van der Waals surface area contributed by atoms with Crippen LogP contribution in [0.5, 0.6) is 5.75 Å². The van der Waals surface area contributed by atoms with E-state index in [2.05, 4.69) is 22.3 Å². The molecule has 0 spiro atoms. The molecule has 0 saturated heterocycles. The molecular weight excluding hydrogens is 284 g/mol. The highest BCUT2D eigenvalue weighted by molar-refractivity contribution is 7.99. The second kappa shape index (κ2) is 4.93. The molecule has 0 fully saturated rings. The van der Waals surface area contributed by atoms with Gasteiger partial charge in [-0.1, -0.05) is 11.8 Å². The molecule has 0 radical (unpaired) electrons. The largest absolute Gasteiger partial charge is 0.493 e. The van der Waals surface area contributed by atoms with Gasteiger partial charge in [-0.05, 0) is 42.0 Å². The number of nitrogens with zero attached hydrogens (tertiary/aromatic N) is 1. The molecule has 5 heteroatoms. The Morgan fingerprint density at radius 2 is 2.00 bits per heavy atom. The first-order chi connectivity index (χ1) is 10.3. The Morgan fingerprint density at radius 3 is 2.95 bits per heavy atom. The van der Waals surface area contributed by atoms with Gasteiger partial charge in [0.05, 0.1) is 18.2 Å². The number of ether oxygens (including phenoxy) is 1. The first-order valence-corrected chi connectivity index (χ1v) is 7.52. The first-order valence-electron chi connectivity index (χ1n) is 6.71. The highest BCUT2D eigenvalue weighted by Crippen LogP contribution is 2.34. The Morgan fingerprint density at radius 1 is 1.14 bits per heavy atom. The van der Waals surface area contributed by atoms with Gasteiger partial charge in [0.2, 0.25) is 0 Å². The fraction of sp³-hybridized carbons (Fsp3) is 0.125. The molecule has 1 aromatic heterocycles. The van der Waals surface area contributed by atoms with E-state index in [1.54, 1.807) is 18.0 Å². The molecule has 21 heavy (non-hydrogen) atoms. The van der Waals surface area contributed by atoms with Gasteiger partial charge in [-0.3, -0.25) is 4.79 Å². The quantitative estimate of drug-likeness (QED) is 0.790. The Labute approximate surface area is 125 Å². The van der Waals surface area contributed by atoms with Crippen LogP contribution in [-0.2, 0) is 6.42 Å². The van der Waals surface area contributed by atoms with Crippen LogP contribution in [0.4, 0.5) is 0 Å². The van der Waals surface area contributed by atoms with Gasteiger partial charge in [0.15, 0.2) is 0 Å². The number of fused-ring (bicyclic) bond motifs is 2. The van der Waals surface area contributed by atoms with Gasteiger partial charge in [-0.15, -0.1) is 0 Å². The summed E-state index contributed by atoms with van der Waals surface area (Å²) >= 11 is 1.68. The molecule has 0 aliphatic carbocycles. The van der Waals surface area contributed by atoms with E-state index < -0.39 is 0 Å². The maximum Gasteiger partial charge on any atom is 0.272 e. The van der Waals surface area contributed by atoms with Crippen molar-refractivity contribution in [1.29, 1.82) is 0 Å². The normalized spacial score (nSPS) is 13.1. The number of hydrogen-bond acceptors (Lipinski definition) is 4. The SMILES string of the molecule is O=c1[nH]ncc2cc(Sc3ccc4c(c3)CCO4)ccc12. The molecule has 1 N–H and O–H groups in total. The predicted molar refractivity (Wildman–Crippen MR) is 82.1 cm³/mol. The third-order valence-electron chi connectivity index (χ3n) is 3.53. The minimum Gasteiger partial charge on any atom is -0.493 e. The summed E-state index contributed by atoms with van der Waals surface area (Å²) in [6, 6.07) is 12.1. The van der Waals surface area contributed by atoms with Gasteiger partial charge in [0, 0.05) is 21.6 Å². The summed E-state index contributed by atoms with van der Waals surface area (Å²) in [4.78, 5) is 13.9. The van der Waals surface area contributed by atoms with Gasteiger partial charge < -0.3 is 4.74 Å². The molecular formula is C16H12N2O2S. The predicted octanol–water partition coefficient (Wildman–Crippen LogP) is 3.01. The standard InChI is InChI=1S/C16H12N2O2S/c19-16-14-3-1-12(8-11(14)9-17-18-16)21-13-2-4-15-10(7-13)5-6-20-15/h1-4,7-9H,5-6H2,(H,18,19). The van der Waals surface area contributed by atoms with Crippen molar-refractivity contribution in [3.8, 4) is 5.75 Å². The lowest BCUT2D eigenvalue weighted by Gasteiger charge is -2.05. The Bertz CT molecular complexity index is 889. The van der Waals surface area contributed by atoms with Gasteiger partial charge in [-0.2, -0.15) is 5.10 Å². The number of nitrogens with one attached hydrogen (secondary N) is 1. The monoisotopic (exact) mass is 296 g/mol. The van der Waals surface area contributed by atoms with Crippen molar-refractivity contribution in [2.24, 2.45) is 0 Å². The van der Waals surface area contributed by atoms with Crippen molar-refractivity contribution in [3.05, 3.63) is 58.5 Å². The minimum absolute atomic E-state index is 0.154. The lowest BCUT2D eigenvalue weighted by Crippen LogP contribution is -2.06. The van der Waals surface area contributed by atoms with Crippen LogP contribution in [0, 0.1) is 0 Å². The Balaban J connectivity index is 1.69. The summed E-state index contributed by atoms with van der Waals surface area (Å²) in [5.41, 5.74) is 1.11. The van der Waals surface area contributed by atoms with Gasteiger partial charge >= 0.3 is 0 Å². The van der Waals surface area contributed by atoms with E-state index in [0.717, 1.165) is 29.1 Å². The average molecular weight is 296 g/mol. The van der Waals surface area contributed by atoms with Crippen LogP contribution in [-0.4, -0.2) is 16.8 Å². The summed E-state index contributed by atoms with van der Waals surface area (Å²) in [6.45, 7) is 0.772. The summed E-state index contributed by atoms with van der Waals surface area (Å²) < 4.78 is 5.52. The molecule has 0 atom stereocenters. The average Bonchev–Trinajstić information content (AvgIpc) is 2.95. The van der Waals surface area contributed by atoms with Gasteiger partial charge in [0.1, 0.15) is 5.75 Å². The molecule has 2 aromatic carbocycles. The first kappa shape index (κ1) is 12.5. The van der Waals surface area contributed by atoms with Crippen molar-refractivity contribution in [3.63, 3.8) is 0 Å². The number of aromatic nitrogens is 2. The molecule has 0 unspecified atom stereocenters. The van der Waals surface area contributed by atoms with Crippen LogP contribution < -0.4 is 10.3 Å². The molecule has 1 aliphatic rings. The Kier molecular flexibility index (Phi) is 2.93. The molecule has 0 amide bonds. The molecule has 0 bridgehead atoms. The van der Waals surface area contributed by atoms with E-state index in [9.17, 15) is 4.79 Å². The fourth-order valence-electron chi connectivity index (χ4n) is 2.50. The molecule has 0 saturated carbocycles. The van der Waals surface area contributed by atoms with Crippen LogP contribution in [0.25, 0.3) is 10.8 Å². The number of rotatable bonds is 2. The number of hydrogen-bond donors (Lipinski definition) is 1. The summed E-state index contributed by atoms with van der Waals surface area (Å²) in [7, 11) is 0. The summed E-state index contributed by atoms with van der Waals surface area (Å²) in [6.07, 6.45) is 2.65.